The summed E-state index contributed by atoms with van der Waals surface area (Å²) in [6.45, 7) is 3.90. The van der Waals surface area contributed by atoms with Crippen molar-refractivity contribution in [1.29, 1.82) is 0 Å². The third-order valence-electron chi connectivity index (χ3n) is 1.78. The summed E-state index contributed by atoms with van der Waals surface area (Å²) in [6.07, 6.45) is 3.90. The Hall–Kier alpha value is -0.890. The monoisotopic (exact) mass is 194 g/mol. The van der Waals surface area contributed by atoms with Crippen molar-refractivity contribution < 1.29 is 4.21 Å². The molecule has 0 aromatic heterocycles. The first-order valence-electron chi connectivity index (χ1n) is 4.34. The van der Waals surface area contributed by atoms with Gasteiger partial charge in [-0.25, -0.2) is 0 Å². The summed E-state index contributed by atoms with van der Waals surface area (Å²) in [5.41, 5.74) is 0. The Labute approximate surface area is 81.9 Å². The Morgan fingerprint density at radius 3 is 2.46 bits per heavy atom. The first kappa shape index (κ1) is 10.2. The lowest BCUT2D eigenvalue weighted by molar-refractivity contribution is 0.679. The highest BCUT2D eigenvalue weighted by atomic mass is 32.2. The van der Waals surface area contributed by atoms with Crippen molar-refractivity contribution in [2.75, 3.05) is 0 Å². The minimum Gasteiger partial charge on any atom is -0.254 e. The molecule has 0 fully saturated rings. The normalized spacial score (nSPS) is 15.8. The van der Waals surface area contributed by atoms with Gasteiger partial charge < -0.3 is 0 Å². The maximum Gasteiger partial charge on any atom is 0.0596 e. The molecule has 0 saturated heterocycles. The van der Waals surface area contributed by atoms with Crippen molar-refractivity contribution in [2.45, 2.75) is 24.0 Å². The summed E-state index contributed by atoms with van der Waals surface area (Å²) in [7, 11) is -0.915. The minimum atomic E-state index is -0.915. The van der Waals surface area contributed by atoms with Crippen LogP contribution in [-0.4, -0.2) is 9.46 Å². The SMILES string of the molecule is C/C=C/C(C)S(=O)c1ccccc1. The Morgan fingerprint density at radius 2 is 1.92 bits per heavy atom. The highest BCUT2D eigenvalue weighted by Gasteiger charge is 2.08. The van der Waals surface area contributed by atoms with Gasteiger partial charge in [-0.15, -0.1) is 0 Å². The quantitative estimate of drug-likeness (QED) is 0.676. The second kappa shape index (κ2) is 4.97. The molecular formula is C11H14OS. The van der Waals surface area contributed by atoms with Gasteiger partial charge in [-0.2, -0.15) is 0 Å². The lowest BCUT2D eigenvalue weighted by Crippen LogP contribution is -2.07. The largest absolute Gasteiger partial charge is 0.254 e. The molecule has 1 rings (SSSR count). The van der Waals surface area contributed by atoms with Crippen LogP contribution in [0.15, 0.2) is 47.4 Å². The van der Waals surface area contributed by atoms with Crippen LogP contribution in [0, 0.1) is 0 Å². The van der Waals surface area contributed by atoms with Gasteiger partial charge in [0.25, 0.3) is 0 Å². The molecule has 0 N–H and O–H groups in total. The number of benzene rings is 1. The molecule has 0 aliphatic rings. The van der Waals surface area contributed by atoms with Crippen molar-refractivity contribution >= 4 is 10.8 Å². The zero-order valence-electron chi connectivity index (χ0n) is 7.94. The van der Waals surface area contributed by atoms with E-state index in [1.54, 1.807) is 0 Å². The fraction of sp³-hybridized carbons (Fsp3) is 0.273. The molecule has 2 atom stereocenters. The van der Waals surface area contributed by atoms with E-state index in [1.165, 1.54) is 0 Å². The number of hydrogen-bond donors (Lipinski definition) is 0. The van der Waals surface area contributed by atoms with Crippen LogP contribution in [0.1, 0.15) is 13.8 Å². The molecule has 0 radical (unpaired) electrons. The van der Waals surface area contributed by atoms with Gasteiger partial charge in [0.2, 0.25) is 0 Å². The summed E-state index contributed by atoms with van der Waals surface area (Å²) in [6, 6.07) is 9.55. The predicted octanol–water partition coefficient (Wildman–Crippen LogP) is 2.76. The summed E-state index contributed by atoms with van der Waals surface area (Å²) in [5, 5.41) is 0.0902. The molecule has 1 aromatic carbocycles. The van der Waals surface area contributed by atoms with Gasteiger partial charge in [0.05, 0.1) is 16.0 Å². The van der Waals surface area contributed by atoms with Crippen LogP contribution in [0.2, 0.25) is 0 Å². The molecule has 0 aliphatic carbocycles. The van der Waals surface area contributed by atoms with E-state index in [0.717, 1.165) is 4.90 Å². The Balaban J connectivity index is 2.80. The molecule has 2 unspecified atom stereocenters. The van der Waals surface area contributed by atoms with Gasteiger partial charge in [-0.05, 0) is 26.0 Å². The molecule has 0 aliphatic heterocycles. The summed E-state index contributed by atoms with van der Waals surface area (Å²) in [4.78, 5) is 0.896. The van der Waals surface area contributed by atoms with Gasteiger partial charge in [-0.1, -0.05) is 30.4 Å². The van der Waals surface area contributed by atoms with Crippen LogP contribution in [0.25, 0.3) is 0 Å². The van der Waals surface area contributed by atoms with E-state index in [9.17, 15) is 4.21 Å². The number of allylic oxidation sites excluding steroid dienone is 1. The lowest BCUT2D eigenvalue weighted by Gasteiger charge is -2.05. The summed E-state index contributed by atoms with van der Waals surface area (Å²) < 4.78 is 11.8. The molecule has 2 heteroatoms. The first-order valence-corrected chi connectivity index (χ1v) is 5.55. The van der Waals surface area contributed by atoms with E-state index < -0.39 is 10.8 Å². The zero-order valence-corrected chi connectivity index (χ0v) is 8.75. The van der Waals surface area contributed by atoms with Crippen LogP contribution in [0.3, 0.4) is 0 Å². The zero-order chi connectivity index (χ0) is 9.68. The minimum absolute atomic E-state index is 0.0902. The average Bonchev–Trinajstić information content (AvgIpc) is 2.18. The maximum absolute atomic E-state index is 11.8. The highest BCUT2D eigenvalue weighted by Crippen LogP contribution is 2.11. The van der Waals surface area contributed by atoms with Crippen LogP contribution < -0.4 is 0 Å². The molecular weight excluding hydrogens is 180 g/mol. The lowest BCUT2D eigenvalue weighted by atomic mass is 10.4. The maximum atomic E-state index is 11.8. The molecule has 70 valence electrons. The van der Waals surface area contributed by atoms with Gasteiger partial charge in [0, 0.05) is 4.90 Å². The highest BCUT2D eigenvalue weighted by molar-refractivity contribution is 7.85. The van der Waals surface area contributed by atoms with Crippen LogP contribution in [-0.2, 0) is 10.8 Å². The van der Waals surface area contributed by atoms with Crippen LogP contribution in [0.4, 0.5) is 0 Å². The fourth-order valence-electron chi connectivity index (χ4n) is 1.11. The predicted molar refractivity (Wildman–Crippen MR) is 57.1 cm³/mol. The van der Waals surface area contributed by atoms with Crippen LogP contribution in [0.5, 0.6) is 0 Å². The Morgan fingerprint density at radius 1 is 1.31 bits per heavy atom. The standard InChI is InChI=1S/C11H14OS/c1-3-7-10(2)13(12)11-8-5-4-6-9-11/h3-10H,1-2H3/b7-3+. The Bertz CT molecular complexity index is 303. The molecule has 0 heterocycles. The van der Waals surface area contributed by atoms with Crippen molar-refractivity contribution in [3.8, 4) is 0 Å². The van der Waals surface area contributed by atoms with Crippen LogP contribution >= 0.6 is 0 Å². The van der Waals surface area contributed by atoms with E-state index in [4.69, 9.17) is 0 Å². The molecule has 0 amide bonds. The molecule has 1 aromatic rings. The second-order valence-corrected chi connectivity index (χ2v) is 4.65. The van der Waals surface area contributed by atoms with E-state index in [1.807, 2.05) is 56.3 Å². The molecule has 13 heavy (non-hydrogen) atoms. The van der Waals surface area contributed by atoms with Crippen molar-refractivity contribution in [1.82, 2.24) is 0 Å². The van der Waals surface area contributed by atoms with Gasteiger partial charge >= 0.3 is 0 Å². The van der Waals surface area contributed by atoms with Gasteiger partial charge in [0.1, 0.15) is 0 Å². The topological polar surface area (TPSA) is 17.1 Å². The van der Waals surface area contributed by atoms with E-state index in [-0.39, 0.29) is 5.25 Å². The first-order chi connectivity index (χ1) is 6.25. The van der Waals surface area contributed by atoms with Gasteiger partial charge in [-0.3, -0.25) is 4.21 Å². The summed E-state index contributed by atoms with van der Waals surface area (Å²) >= 11 is 0. The third kappa shape index (κ3) is 2.81. The molecule has 0 spiro atoms. The van der Waals surface area contributed by atoms with Crippen molar-refractivity contribution in [3.63, 3.8) is 0 Å². The fourth-order valence-corrected chi connectivity index (χ4v) is 2.27. The van der Waals surface area contributed by atoms with E-state index >= 15 is 0 Å². The average molecular weight is 194 g/mol. The third-order valence-corrected chi connectivity index (χ3v) is 3.35. The Kier molecular flexibility index (Phi) is 3.90. The summed E-state index contributed by atoms with van der Waals surface area (Å²) in [5.74, 6) is 0. The molecule has 1 nitrogen and oxygen atoms in total. The molecule has 0 bridgehead atoms. The molecule has 0 saturated carbocycles. The van der Waals surface area contributed by atoms with Gasteiger partial charge in [0.15, 0.2) is 0 Å². The van der Waals surface area contributed by atoms with E-state index in [0.29, 0.717) is 0 Å². The number of hydrogen-bond acceptors (Lipinski definition) is 1. The van der Waals surface area contributed by atoms with Crippen molar-refractivity contribution in [3.05, 3.63) is 42.5 Å². The van der Waals surface area contributed by atoms with E-state index in [2.05, 4.69) is 0 Å². The number of rotatable bonds is 3. The van der Waals surface area contributed by atoms with Crippen molar-refractivity contribution in [2.24, 2.45) is 0 Å². The second-order valence-electron chi connectivity index (χ2n) is 2.84. The smallest absolute Gasteiger partial charge is 0.0596 e.